The van der Waals surface area contributed by atoms with Crippen molar-refractivity contribution < 1.29 is 4.52 Å². The van der Waals surface area contributed by atoms with E-state index in [1.165, 1.54) is 0 Å². The lowest BCUT2D eigenvalue weighted by Crippen LogP contribution is -2.21. The van der Waals surface area contributed by atoms with E-state index in [4.69, 9.17) is 27.6 Å². The predicted octanol–water partition coefficient (Wildman–Crippen LogP) is 2.39. The molecule has 0 aliphatic rings. The molecule has 0 saturated carbocycles. The molecule has 1 aromatic carbocycles. The number of guanidine groups is 1. The average molecular weight is 383 g/mol. The number of para-hydroxylation sites is 1. The Balaban J connectivity index is 1.73. The van der Waals surface area contributed by atoms with Gasteiger partial charge < -0.3 is 21.3 Å². The first-order valence-electron chi connectivity index (χ1n) is 7.67. The van der Waals surface area contributed by atoms with E-state index in [2.05, 4.69) is 37.0 Å². The molecule has 3 aromatic rings. The number of benzene rings is 1. The van der Waals surface area contributed by atoms with Gasteiger partial charge in [0, 0.05) is 11.9 Å². The molecule has 0 saturated heterocycles. The Hall–Kier alpha value is -3.72. The highest BCUT2D eigenvalue weighted by Gasteiger charge is 2.15. The van der Waals surface area contributed by atoms with Gasteiger partial charge in [-0.15, -0.1) is 0 Å². The van der Waals surface area contributed by atoms with Gasteiger partial charge in [0.15, 0.2) is 5.84 Å². The van der Waals surface area contributed by atoms with Gasteiger partial charge in [-0.3, -0.25) is 0 Å². The van der Waals surface area contributed by atoms with Gasteiger partial charge in [0.25, 0.3) is 5.89 Å². The molecule has 0 radical (unpaired) electrons. The van der Waals surface area contributed by atoms with Crippen LogP contribution in [0.25, 0.3) is 11.6 Å². The maximum atomic E-state index is 6.05. The summed E-state index contributed by atoms with van der Waals surface area (Å²) >= 11 is 6.05. The number of nitrogens with one attached hydrogen (secondary N) is 1. The van der Waals surface area contributed by atoms with Crippen LogP contribution < -0.4 is 16.8 Å². The molecule has 0 aliphatic heterocycles. The molecule has 10 heteroatoms. The number of nitrogens with zero attached hydrogens (tertiary/aromatic N) is 5. The van der Waals surface area contributed by atoms with Crippen LogP contribution >= 0.6 is 11.6 Å². The monoisotopic (exact) mass is 382 g/mol. The third-order valence-corrected chi connectivity index (χ3v) is 3.47. The van der Waals surface area contributed by atoms with E-state index in [0.29, 0.717) is 16.5 Å². The molecule has 3 rings (SSSR count). The Bertz CT molecular complexity index is 1010. The molecule has 2 heterocycles. The Morgan fingerprint density at radius 3 is 2.63 bits per heavy atom. The molecule has 0 spiro atoms. The maximum absolute atomic E-state index is 6.05. The summed E-state index contributed by atoms with van der Waals surface area (Å²) in [5, 5.41) is 7.09. The lowest BCUT2D eigenvalue weighted by molar-refractivity contribution is 0.427. The average Bonchev–Trinajstić information content (AvgIpc) is 3.12. The molecule has 0 fully saturated rings. The summed E-state index contributed by atoms with van der Waals surface area (Å²) in [5.74, 6) is 0.240. The van der Waals surface area contributed by atoms with E-state index in [1.54, 1.807) is 18.3 Å². The van der Waals surface area contributed by atoms with Crippen molar-refractivity contribution in [1.82, 2.24) is 15.1 Å². The number of pyridine rings is 1. The second-order valence-electron chi connectivity index (χ2n) is 5.16. The lowest BCUT2D eigenvalue weighted by atomic mass is 10.3. The molecule has 9 nitrogen and oxygen atoms in total. The maximum Gasteiger partial charge on any atom is 0.278 e. The number of anilines is 1. The fourth-order valence-corrected chi connectivity index (χ4v) is 2.22. The molecule has 2 aromatic heterocycles. The van der Waals surface area contributed by atoms with Gasteiger partial charge in [0.05, 0.1) is 5.02 Å². The number of aromatic nitrogens is 3. The molecule has 27 heavy (non-hydrogen) atoms. The van der Waals surface area contributed by atoms with E-state index < -0.39 is 0 Å². The highest BCUT2D eigenvalue weighted by Crippen LogP contribution is 2.23. The Labute approximate surface area is 159 Å². The third-order valence-electron chi connectivity index (χ3n) is 3.16. The molecular weight excluding hydrogens is 368 g/mol. The largest absolute Gasteiger partial charge is 0.380 e. The fourth-order valence-electron chi connectivity index (χ4n) is 2.02. The van der Waals surface area contributed by atoms with E-state index in [-0.39, 0.29) is 23.5 Å². The van der Waals surface area contributed by atoms with Crippen molar-refractivity contribution in [2.75, 3.05) is 5.32 Å². The first kappa shape index (κ1) is 18.1. The van der Waals surface area contributed by atoms with Crippen molar-refractivity contribution in [3.05, 3.63) is 71.9 Å². The summed E-state index contributed by atoms with van der Waals surface area (Å²) in [7, 11) is 0. The number of hydrogen-bond acceptors (Lipinski definition) is 6. The minimum Gasteiger partial charge on any atom is -0.380 e. The number of rotatable bonds is 5. The number of amidine groups is 1. The first-order valence-corrected chi connectivity index (χ1v) is 8.05. The van der Waals surface area contributed by atoms with E-state index in [9.17, 15) is 0 Å². The molecule has 0 amide bonds. The topological polar surface area (TPSA) is 141 Å². The Morgan fingerprint density at radius 1 is 1.11 bits per heavy atom. The van der Waals surface area contributed by atoms with Crippen LogP contribution in [0.2, 0.25) is 5.02 Å². The number of aliphatic imine (C=N–C) groups is 2. The van der Waals surface area contributed by atoms with Gasteiger partial charge in [-0.05, 0) is 24.3 Å². The zero-order valence-corrected chi connectivity index (χ0v) is 14.8. The third kappa shape index (κ3) is 4.67. The van der Waals surface area contributed by atoms with Crippen LogP contribution in [0.5, 0.6) is 0 Å². The van der Waals surface area contributed by atoms with Crippen LogP contribution in [0.3, 0.4) is 0 Å². The van der Waals surface area contributed by atoms with Crippen LogP contribution in [0.15, 0.2) is 75.6 Å². The minimum absolute atomic E-state index is 0.0338. The fraction of sp³-hybridized carbons (Fsp3) is 0. The number of halogens is 1. The Kier molecular flexibility index (Phi) is 5.43. The van der Waals surface area contributed by atoms with E-state index >= 15 is 0 Å². The smallest absolute Gasteiger partial charge is 0.278 e. The zero-order valence-electron chi connectivity index (χ0n) is 14.0. The lowest BCUT2D eigenvalue weighted by Gasteiger charge is -2.04. The molecule has 0 atom stereocenters. The second kappa shape index (κ2) is 8.11. The zero-order chi connectivity index (χ0) is 19.2. The van der Waals surface area contributed by atoms with Crippen LogP contribution in [-0.4, -0.2) is 26.9 Å². The number of hydrogen-bond donors (Lipinski definition) is 3. The summed E-state index contributed by atoms with van der Waals surface area (Å²) in [4.78, 5) is 16.2. The molecule has 5 N–H and O–H groups in total. The van der Waals surface area contributed by atoms with Crippen molar-refractivity contribution >= 4 is 29.1 Å². The summed E-state index contributed by atoms with van der Waals surface area (Å²) in [6.45, 7) is 3.76. The second-order valence-corrected chi connectivity index (χ2v) is 5.57. The van der Waals surface area contributed by atoms with Crippen molar-refractivity contribution in [1.29, 1.82) is 0 Å². The van der Waals surface area contributed by atoms with Crippen molar-refractivity contribution in [2.24, 2.45) is 21.5 Å². The van der Waals surface area contributed by atoms with Crippen molar-refractivity contribution in [2.45, 2.75) is 0 Å². The summed E-state index contributed by atoms with van der Waals surface area (Å²) in [6, 6.07) is 12.7. The summed E-state index contributed by atoms with van der Waals surface area (Å²) in [5.41, 5.74) is 12.8. The van der Waals surface area contributed by atoms with Crippen LogP contribution in [-0.2, 0) is 0 Å². The quantitative estimate of drug-likeness (QED) is 0.454. The van der Waals surface area contributed by atoms with Gasteiger partial charge in [-0.1, -0.05) is 41.5 Å². The van der Waals surface area contributed by atoms with Crippen LogP contribution in [0.4, 0.5) is 5.69 Å². The van der Waals surface area contributed by atoms with Crippen LogP contribution in [0, 0.1) is 0 Å². The molecule has 0 unspecified atom stereocenters. The standard InChI is InChI=1S/C17H15ClN8O/c1-10(22-11-6-3-2-4-7-11)23-17(20)24-14(19)15-25-16(27-26-15)13-12(18)8-5-9-21-13/h2-9,22H,1H2,(H4,19,20,23,24). The molecular formula is C17H15ClN8O. The van der Waals surface area contributed by atoms with Crippen molar-refractivity contribution in [3.63, 3.8) is 0 Å². The van der Waals surface area contributed by atoms with E-state index in [1.807, 2.05) is 30.3 Å². The van der Waals surface area contributed by atoms with Gasteiger partial charge in [-0.2, -0.15) is 15.0 Å². The highest BCUT2D eigenvalue weighted by atomic mass is 35.5. The summed E-state index contributed by atoms with van der Waals surface area (Å²) < 4.78 is 5.11. The Morgan fingerprint density at radius 2 is 1.89 bits per heavy atom. The SMILES string of the molecule is C=C(/N=C(N)\N=C(/N)c1noc(-c2ncccc2Cl)n1)Nc1ccccc1. The van der Waals surface area contributed by atoms with Gasteiger partial charge in [-0.25, -0.2) is 4.98 Å². The van der Waals surface area contributed by atoms with Gasteiger partial charge in [0.2, 0.25) is 11.8 Å². The molecule has 136 valence electrons. The van der Waals surface area contributed by atoms with E-state index in [0.717, 1.165) is 5.69 Å². The highest BCUT2D eigenvalue weighted by molar-refractivity contribution is 6.32. The van der Waals surface area contributed by atoms with Crippen molar-refractivity contribution in [3.8, 4) is 11.6 Å². The summed E-state index contributed by atoms with van der Waals surface area (Å²) in [6.07, 6.45) is 1.55. The normalized spacial score (nSPS) is 12.0. The molecule has 0 aliphatic carbocycles. The molecule has 0 bridgehead atoms. The minimum atomic E-state index is -0.122. The predicted molar refractivity (Wildman–Crippen MR) is 104 cm³/mol. The van der Waals surface area contributed by atoms with Gasteiger partial charge >= 0.3 is 0 Å². The number of nitrogens with two attached hydrogens (primary N) is 2. The van der Waals surface area contributed by atoms with Crippen LogP contribution in [0.1, 0.15) is 5.82 Å². The van der Waals surface area contributed by atoms with Gasteiger partial charge in [0.1, 0.15) is 11.5 Å². The first-order chi connectivity index (χ1) is 13.0.